The summed E-state index contributed by atoms with van der Waals surface area (Å²) in [7, 11) is 1.52. The number of rotatable bonds is 4. The average molecular weight is 384 g/mol. The molecule has 7 heteroatoms. The summed E-state index contributed by atoms with van der Waals surface area (Å²) < 4.78 is 24.5. The first kappa shape index (κ1) is 17.5. The molecule has 0 unspecified atom stereocenters. The number of para-hydroxylation sites is 1. The minimum Gasteiger partial charge on any atom is -0.496 e. The molecule has 138 valence electrons. The van der Waals surface area contributed by atoms with E-state index in [-0.39, 0.29) is 17.6 Å². The molecule has 0 fully saturated rings. The lowest BCUT2D eigenvalue weighted by Crippen LogP contribution is -2.32. The van der Waals surface area contributed by atoms with Crippen molar-refractivity contribution in [2.24, 2.45) is 5.92 Å². The molecule has 2 heterocycles. The van der Waals surface area contributed by atoms with Crippen molar-refractivity contribution in [1.29, 1.82) is 0 Å². The number of methoxy groups -OCH3 is 1. The Morgan fingerprint density at radius 2 is 2.19 bits per heavy atom. The summed E-state index contributed by atoms with van der Waals surface area (Å²) in [6.45, 7) is 0.332. The monoisotopic (exact) mass is 384 g/mol. The van der Waals surface area contributed by atoms with Gasteiger partial charge in [-0.15, -0.1) is 11.3 Å². The first-order chi connectivity index (χ1) is 13.1. The summed E-state index contributed by atoms with van der Waals surface area (Å²) in [4.78, 5) is 17.0. The van der Waals surface area contributed by atoms with Gasteiger partial charge in [0.05, 0.1) is 18.7 Å². The molecular formula is C20H17FN2O3S. The number of hydrogen-bond acceptors (Lipinski definition) is 5. The van der Waals surface area contributed by atoms with Crippen LogP contribution >= 0.6 is 11.3 Å². The highest BCUT2D eigenvalue weighted by molar-refractivity contribution is 7.14. The van der Waals surface area contributed by atoms with Gasteiger partial charge in [0.1, 0.15) is 23.9 Å². The molecule has 1 atom stereocenters. The lowest BCUT2D eigenvalue weighted by molar-refractivity contribution is -0.121. The Kier molecular flexibility index (Phi) is 4.77. The zero-order chi connectivity index (χ0) is 18.8. The number of benzene rings is 2. The topological polar surface area (TPSA) is 60.5 Å². The molecule has 0 bridgehead atoms. The minimum absolute atomic E-state index is 0.142. The van der Waals surface area contributed by atoms with Gasteiger partial charge in [0.25, 0.3) is 0 Å². The summed E-state index contributed by atoms with van der Waals surface area (Å²) >= 11 is 1.29. The van der Waals surface area contributed by atoms with Crippen LogP contribution in [0.5, 0.6) is 11.5 Å². The standard InChI is InChI=1S/C20H17FN2O3S/c1-25-18-7-6-14(21)9-15(18)16-11-27-20(22-16)23-19(24)13-8-12-4-2-3-5-17(12)26-10-13/h2-7,9,11,13H,8,10H2,1H3,(H,22,23,24)/t13-/m1/s1. The molecule has 27 heavy (non-hydrogen) atoms. The highest BCUT2D eigenvalue weighted by Crippen LogP contribution is 2.33. The smallest absolute Gasteiger partial charge is 0.233 e. The summed E-state index contributed by atoms with van der Waals surface area (Å²) in [6.07, 6.45) is 0.623. The molecule has 1 aromatic heterocycles. The summed E-state index contributed by atoms with van der Waals surface area (Å²) in [6, 6.07) is 12.0. The average Bonchev–Trinajstić information content (AvgIpc) is 3.16. The minimum atomic E-state index is -0.373. The number of fused-ring (bicyclic) bond motifs is 1. The van der Waals surface area contributed by atoms with Crippen molar-refractivity contribution < 1.29 is 18.7 Å². The van der Waals surface area contributed by atoms with Gasteiger partial charge in [0.2, 0.25) is 5.91 Å². The molecule has 4 rings (SSSR count). The molecular weight excluding hydrogens is 367 g/mol. The van der Waals surface area contributed by atoms with Crippen molar-refractivity contribution in [2.45, 2.75) is 6.42 Å². The SMILES string of the molecule is COc1ccc(F)cc1-c1csc(NC(=O)[C@H]2COc3ccccc3C2)n1. The Morgan fingerprint density at radius 3 is 3.04 bits per heavy atom. The Labute approximate surface area is 159 Å². The highest BCUT2D eigenvalue weighted by atomic mass is 32.1. The molecule has 1 aliphatic rings. The van der Waals surface area contributed by atoms with E-state index in [9.17, 15) is 9.18 Å². The van der Waals surface area contributed by atoms with Crippen molar-refractivity contribution in [2.75, 3.05) is 19.0 Å². The van der Waals surface area contributed by atoms with Gasteiger partial charge in [-0.2, -0.15) is 0 Å². The van der Waals surface area contributed by atoms with E-state index >= 15 is 0 Å². The van der Waals surface area contributed by atoms with Crippen molar-refractivity contribution in [3.05, 3.63) is 59.2 Å². The summed E-state index contributed by atoms with van der Waals surface area (Å²) in [5.74, 6) is 0.558. The van der Waals surface area contributed by atoms with Crippen LogP contribution in [0.25, 0.3) is 11.3 Å². The van der Waals surface area contributed by atoms with Gasteiger partial charge in [-0.3, -0.25) is 4.79 Å². The van der Waals surface area contributed by atoms with Gasteiger partial charge in [0, 0.05) is 10.9 Å². The second kappa shape index (κ2) is 7.36. The molecule has 1 N–H and O–H groups in total. The number of amides is 1. The number of anilines is 1. The van der Waals surface area contributed by atoms with Crippen molar-refractivity contribution in [3.63, 3.8) is 0 Å². The van der Waals surface area contributed by atoms with Crippen LogP contribution < -0.4 is 14.8 Å². The summed E-state index contributed by atoms with van der Waals surface area (Å²) in [5, 5.41) is 5.06. The van der Waals surface area contributed by atoms with Gasteiger partial charge in [-0.25, -0.2) is 9.37 Å². The van der Waals surface area contributed by atoms with Crippen molar-refractivity contribution in [1.82, 2.24) is 4.98 Å². The lowest BCUT2D eigenvalue weighted by atomic mass is 9.96. The fourth-order valence-corrected chi connectivity index (χ4v) is 3.75. The molecule has 3 aromatic rings. The van der Waals surface area contributed by atoms with E-state index in [1.165, 1.54) is 30.6 Å². The van der Waals surface area contributed by atoms with Gasteiger partial charge in [-0.1, -0.05) is 18.2 Å². The quantitative estimate of drug-likeness (QED) is 0.734. The van der Waals surface area contributed by atoms with Crippen LogP contribution in [0, 0.1) is 11.7 Å². The van der Waals surface area contributed by atoms with E-state index in [0.29, 0.717) is 35.2 Å². The third-order valence-corrected chi connectivity index (χ3v) is 5.18. The second-order valence-corrected chi connectivity index (χ2v) is 7.05. The third kappa shape index (κ3) is 3.64. The van der Waals surface area contributed by atoms with E-state index in [1.807, 2.05) is 24.3 Å². The number of carbonyl (C=O) groups excluding carboxylic acids is 1. The van der Waals surface area contributed by atoms with Crippen LogP contribution in [0.3, 0.4) is 0 Å². The first-order valence-electron chi connectivity index (χ1n) is 8.45. The predicted octanol–water partition coefficient (Wildman–Crippen LogP) is 4.15. The highest BCUT2D eigenvalue weighted by Gasteiger charge is 2.26. The zero-order valence-corrected chi connectivity index (χ0v) is 15.4. The van der Waals surface area contributed by atoms with Crippen LogP contribution in [-0.4, -0.2) is 24.6 Å². The number of halogens is 1. The number of hydrogen-bond donors (Lipinski definition) is 1. The molecule has 0 spiro atoms. The number of nitrogens with zero attached hydrogens (tertiary/aromatic N) is 1. The molecule has 0 radical (unpaired) electrons. The fourth-order valence-electron chi connectivity index (χ4n) is 3.04. The zero-order valence-electron chi connectivity index (χ0n) is 14.6. The van der Waals surface area contributed by atoms with Crippen molar-refractivity contribution >= 4 is 22.4 Å². The number of nitrogens with one attached hydrogen (secondary N) is 1. The fraction of sp³-hybridized carbons (Fsp3) is 0.200. The lowest BCUT2D eigenvalue weighted by Gasteiger charge is -2.24. The van der Waals surface area contributed by atoms with Gasteiger partial charge < -0.3 is 14.8 Å². The molecule has 2 aromatic carbocycles. The maximum atomic E-state index is 13.6. The molecule has 1 amide bonds. The van der Waals surface area contributed by atoms with Crippen LogP contribution in [0.2, 0.25) is 0 Å². The number of ether oxygens (including phenoxy) is 2. The van der Waals surface area contributed by atoms with E-state index in [0.717, 1.165) is 11.3 Å². The normalized spacial score (nSPS) is 15.6. The second-order valence-electron chi connectivity index (χ2n) is 6.19. The van der Waals surface area contributed by atoms with E-state index in [1.54, 1.807) is 11.4 Å². The maximum Gasteiger partial charge on any atom is 0.233 e. The Bertz CT molecular complexity index is 989. The van der Waals surface area contributed by atoms with Crippen LogP contribution in [0.1, 0.15) is 5.56 Å². The molecule has 5 nitrogen and oxygen atoms in total. The van der Waals surface area contributed by atoms with Crippen molar-refractivity contribution in [3.8, 4) is 22.8 Å². The molecule has 1 aliphatic heterocycles. The maximum absolute atomic E-state index is 13.6. The Hall–Kier alpha value is -2.93. The number of carbonyl (C=O) groups is 1. The van der Waals surface area contributed by atoms with Gasteiger partial charge in [-0.05, 0) is 36.2 Å². The largest absolute Gasteiger partial charge is 0.496 e. The number of aromatic nitrogens is 1. The third-order valence-electron chi connectivity index (χ3n) is 4.42. The Balaban J connectivity index is 1.49. The predicted molar refractivity (Wildman–Crippen MR) is 102 cm³/mol. The molecule has 0 saturated carbocycles. The van der Waals surface area contributed by atoms with E-state index in [2.05, 4.69) is 10.3 Å². The van der Waals surface area contributed by atoms with Crippen LogP contribution in [0.15, 0.2) is 47.8 Å². The van der Waals surface area contributed by atoms with Crippen LogP contribution in [0.4, 0.5) is 9.52 Å². The molecule has 0 aliphatic carbocycles. The van der Waals surface area contributed by atoms with Gasteiger partial charge >= 0.3 is 0 Å². The molecule has 0 saturated heterocycles. The van der Waals surface area contributed by atoms with Crippen LogP contribution in [-0.2, 0) is 11.2 Å². The number of thiazole rings is 1. The van der Waals surface area contributed by atoms with E-state index in [4.69, 9.17) is 9.47 Å². The van der Waals surface area contributed by atoms with Gasteiger partial charge in [0.15, 0.2) is 5.13 Å². The van der Waals surface area contributed by atoms with E-state index < -0.39 is 0 Å². The summed E-state index contributed by atoms with van der Waals surface area (Å²) in [5.41, 5.74) is 2.12. The first-order valence-corrected chi connectivity index (χ1v) is 9.33. The Morgan fingerprint density at radius 1 is 1.33 bits per heavy atom.